The number of aromatic nitrogens is 1. The summed E-state index contributed by atoms with van der Waals surface area (Å²) >= 11 is 4.63. The van der Waals surface area contributed by atoms with Gasteiger partial charge in [-0.1, -0.05) is 0 Å². The van der Waals surface area contributed by atoms with Crippen LogP contribution in [0.4, 0.5) is 8.78 Å². The highest BCUT2D eigenvalue weighted by Crippen LogP contribution is 2.32. The van der Waals surface area contributed by atoms with Gasteiger partial charge in [0, 0.05) is 19.8 Å². The Labute approximate surface area is 106 Å². The molecule has 7 heteroatoms. The Morgan fingerprint density at radius 1 is 1.67 bits per heavy atom. The molecule has 0 unspecified atom stereocenters. The third kappa shape index (κ3) is 3.07. The lowest BCUT2D eigenvalue weighted by Crippen LogP contribution is -2.07. The number of hydrogen-bond acceptors (Lipinski definition) is 2. The minimum Gasteiger partial charge on any atom is -0.481 e. The van der Waals surface area contributed by atoms with Crippen LogP contribution < -0.4 is 0 Å². The van der Waals surface area contributed by atoms with E-state index < -0.39 is 12.4 Å². The second-order valence-corrected chi connectivity index (χ2v) is 4.58. The molecule has 1 N–H and O–H groups in total. The molecule has 0 fully saturated rings. The molecule has 1 aromatic heterocycles. The average Bonchev–Trinajstić information content (AvgIpc) is 2.09. The maximum atomic E-state index is 12.6. The molecule has 0 aliphatic carbocycles. The third-order valence-electron chi connectivity index (χ3n) is 1.62. The quantitative estimate of drug-likeness (QED) is 0.806. The first kappa shape index (κ1) is 12.8. The Morgan fingerprint density at radius 3 is 2.73 bits per heavy atom. The molecule has 0 aliphatic rings. The Bertz CT molecular complexity index is 400. The fourth-order valence-electron chi connectivity index (χ4n) is 0.988. The largest absolute Gasteiger partial charge is 0.481 e. The smallest absolute Gasteiger partial charge is 0.309 e. The predicted octanol–water partition coefficient (Wildman–Crippen LogP) is 3.01. The van der Waals surface area contributed by atoms with Crippen LogP contribution in [0.25, 0.3) is 0 Å². The Kier molecular flexibility index (Phi) is 4.38. The van der Waals surface area contributed by atoms with Crippen molar-refractivity contribution in [3.63, 3.8) is 0 Å². The van der Waals surface area contributed by atoms with Crippen molar-refractivity contribution in [1.82, 2.24) is 4.98 Å². The lowest BCUT2D eigenvalue weighted by Gasteiger charge is -2.09. The first-order valence-electron chi connectivity index (χ1n) is 3.76. The normalized spacial score (nSPS) is 10.7. The summed E-state index contributed by atoms with van der Waals surface area (Å²) in [5, 5.41) is 8.55. The van der Waals surface area contributed by atoms with Crippen LogP contribution in [0.5, 0.6) is 0 Å². The highest BCUT2D eigenvalue weighted by Gasteiger charge is 2.20. The molecule has 0 radical (unpaired) electrons. The molecule has 0 bridgehead atoms. The van der Waals surface area contributed by atoms with E-state index in [9.17, 15) is 13.6 Å². The summed E-state index contributed by atoms with van der Waals surface area (Å²) in [7, 11) is 0. The van der Waals surface area contributed by atoms with E-state index in [-0.39, 0.29) is 25.7 Å². The molecule has 1 heterocycles. The van der Waals surface area contributed by atoms with Crippen LogP contribution in [0.3, 0.4) is 0 Å². The van der Waals surface area contributed by atoms with Gasteiger partial charge in [-0.05, 0) is 38.5 Å². The second kappa shape index (κ2) is 5.15. The Balaban J connectivity index is 3.22. The van der Waals surface area contributed by atoms with Gasteiger partial charge in [-0.2, -0.15) is 0 Å². The van der Waals surface area contributed by atoms with Gasteiger partial charge < -0.3 is 5.11 Å². The molecular formula is C8H5BrF2INO2. The minimum absolute atomic E-state index is 0.154. The van der Waals surface area contributed by atoms with Gasteiger partial charge in [0.2, 0.25) is 0 Å². The van der Waals surface area contributed by atoms with Crippen molar-refractivity contribution in [3.8, 4) is 0 Å². The zero-order chi connectivity index (χ0) is 11.6. The van der Waals surface area contributed by atoms with E-state index in [2.05, 4.69) is 20.9 Å². The summed E-state index contributed by atoms with van der Waals surface area (Å²) in [6, 6.07) is 0. The van der Waals surface area contributed by atoms with Crippen molar-refractivity contribution < 1.29 is 18.7 Å². The number of aliphatic carboxylic acids is 1. The monoisotopic (exact) mass is 391 g/mol. The first-order chi connectivity index (χ1) is 6.93. The number of carbonyl (C=O) groups is 1. The Morgan fingerprint density at radius 2 is 2.27 bits per heavy atom. The van der Waals surface area contributed by atoms with Crippen molar-refractivity contribution >= 4 is 44.5 Å². The molecule has 3 nitrogen and oxygen atoms in total. The number of carboxylic acid groups (broad SMARTS) is 1. The van der Waals surface area contributed by atoms with E-state index in [4.69, 9.17) is 5.11 Å². The summed E-state index contributed by atoms with van der Waals surface area (Å²) in [4.78, 5) is 14.2. The summed E-state index contributed by atoms with van der Waals surface area (Å²) in [5.41, 5.74) is -0.0524. The highest BCUT2D eigenvalue weighted by atomic mass is 127. The van der Waals surface area contributed by atoms with Crippen LogP contribution in [-0.2, 0) is 11.2 Å². The molecule has 0 saturated heterocycles. The van der Waals surface area contributed by atoms with E-state index in [0.717, 1.165) is 0 Å². The summed E-state index contributed by atoms with van der Waals surface area (Å²) in [5.74, 6) is -1.09. The minimum atomic E-state index is -2.65. The SMILES string of the molecule is O=C(O)Cc1ncc(Br)c(C(F)F)c1I. The topological polar surface area (TPSA) is 50.2 Å². The number of halogens is 4. The van der Waals surface area contributed by atoms with Gasteiger partial charge in [0.25, 0.3) is 6.43 Å². The number of pyridine rings is 1. The molecule has 82 valence electrons. The van der Waals surface area contributed by atoms with Crippen molar-refractivity contribution in [2.45, 2.75) is 12.8 Å². The molecule has 0 aromatic carbocycles. The molecule has 0 atom stereocenters. The highest BCUT2D eigenvalue weighted by molar-refractivity contribution is 14.1. The average molecular weight is 392 g/mol. The lowest BCUT2D eigenvalue weighted by molar-refractivity contribution is -0.136. The zero-order valence-electron chi connectivity index (χ0n) is 7.18. The maximum Gasteiger partial charge on any atom is 0.309 e. The van der Waals surface area contributed by atoms with Crippen LogP contribution in [0, 0.1) is 3.57 Å². The maximum absolute atomic E-state index is 12.6. The molecular weight excluding hydrogens is 387 g/mol. The summed E-state index contributed by atoms with van der Waals surface area (Å²) in [6.07, 6.45) is -1.81. The van der Waals surface area contributed by atoms with Crippen LogP contribution >= 0.6 is 38.5 Å². The molecule has 15 heavy (non-hydrogen) atoms. The van der Waals surface area contributed by atoms with Gasteiger partial charge in [-0.25, -0.2) is 8.78 Å². The number of carboxylic acids is 1. The molecule has 0 amide bonds. The van der Waals surface area contributed by atoms with Crippen LogP contribution in [0.15, 0.2) is 10.7 Å². The fourth-order valence-corrected chi connectivity index (χ4v) is 2.69. The van der Waals surface area contributed by atoms with Crippen LogP contribution in [0.1, 0.15) is 17.7 Å². The zero-order valence-corrected chi connectivity index (χ0v) is 10.9. The number of alkyl halides is 2. The van der Waals surface area contributed by atoms with Crippen molar-refractivity contribution in [3.05, 3.63) is 25.5 Å². The van der Waals surface area contributed by atoms with Gasteiger partial charge in [-0.15, -0.1) is 0 Å². The number of hydrogen-bond donors (Lipinski definition) is 1. The van der Waals surface area contributed by atoms with Gasteiger partial charge >= 0.3 is 5.97 Å². The van der Waals surface area contributed by atoms with E-state index >= 15 is 0 Å². The van der Waals surface area contributed by atoms with Crippen LogP contribution in [-0.4, -0.2) is 16.1 Å². The molecule has 0 aliphatic heterocycles. The second-order valence-electron chi connectivity index (χ2n) is 2.65. The van der Waals surface area contributed by atoms with E-state index in [1.807, 2.05) is 0 Å². The number of nitrogens with zero attached hydrogens (tertiary/aromatic N) is 1. The molecule has 0 saturated carbocycles. The standard InChI is InChI=1S/C8H5BrF2INO2/c9-3-2-13-4(1-5(14)15)7(12)6(3)8(10)11/h2,8H,1H2,(H,14,15). The number of rotatable bonds is 3. The van der Waals surface area contributed by atoms with E-state index in [1.54, 1.807) is 22.6 Å². The third-order valence-corrected chi connectivity index (χ3v) is 3.45. The van der Waals surface area contributed by atoms with Gasteiger partial charge in [0.1, 0.15) is 0 Å². The fraction of sp³-hybridized carbons (Fsp3) is 0.250. The van der Waals surface area contributed by atoms with Gasteiger partial charge in [-0.3, -0.25) is 9.78 Å². The summed E-state index contributed by atoms with van der Waals surface area (Å²) < 4.78 is 25.6. The van der Waals surface area contributed by atoms with E-state index in [0.29, 0.717) is 0 Å². The van der Waals surface area contributed by atoms with E-state index in [1.165, 1.54) is 6.20 Å². The van der Waals surface area contributed by atoms with Crippen molar-refractivity contribution in [2.24, 2.45) is 0 Å². The lowest BCUT2D eigenvalue weighted by atomic mass is 10.2. The van der Waals surface area contributed by atoms with Crippen LogP contribution in [0.2, 0.25) is 0 Å². The molecule has 1 aromatic rings. The first-order valence-corrected chi connectivity index (χ1v) is 5.63. The van der Waals surface area contributed by atoms with Crippen molar-refractivity contribution in [1.29, 1.82) is 0 Å². The Hall–Kier alpha value is -0.310. The van der Waals surface area contributed by atoms with Crippen molar-refractivity contribution in [2.75, 3.05) is 0 Å². The van der Waals surface area contributed by atoms with Gasteiger partial charge in [0.15, 0.2) is 0 Å². The summed E-state index contributed by atoms with van der Waals surface area (Å²) in [6.45, 7) is 0. The molecule has 0 spiro atoms. The predicted molar refractivity (Wildman–Crippen MR) is 61.0 cm³/mol. The molecule has 1 rings (SSSR count). The van der Waals surface area contributed by atoms with Gasteiger partial charge in [0.05, 0.1) is 12.1 Å².